The molecule has 1 aromatic rings. The number of carbonyl (C=O) groups excluding carboxylic acids is 2. The van der Waals surface area contributed by atoms with Gasteiger partial charge in [0.15, 0.2) is 0 Å². The van der Waals surface area contributed by atoms with Crippen LogP contribution in [0.3, 0.4) is 0 Å². The van der Waals surface area contributed by atoms with E-state index in [1.807, 2.05) is 0 Å². The fraction of sp³-hybridized carbons (Fsp3) is 0. The second-order valence-electron chi connectivity index (χ2n) is 2.48. The quantitative estimate of drug-likeness (QED) is 0.462. The summed E-state index contributed by atoms with van der Waals surface area (Å²) in [6.07, 6.45) is 2.69. The van der Waals surface area contributed by atoms with Crippen LogP contribution in [0.4, 0.5) is 0 Å². The molecule has 0 atom stereocenters. The lowest BCUT2D eigenvalue weighted by atomic mass is 10.2. The van der Waals surface area contributed by atoms with Crippen LogP contribution in [-0.2, 0) is 14.3 Å². The van der Waals surface area contributed by atoms with Gasteiger partial charge in [0.05, 0.1) is 11.3 Å². The van der Waals surface area contributed by atoms with Crippen LogP contribution in [0.1, 0.15) is 5.69 Å². The number of pyridine rings is 1. The summed E-state index contributed by atoms with van der Waals surface area (Å²) in [4.78, 5) is 25.6. The zero-order chi connectivity index (χ0) is 9.26. The topological polar surface area (TPSA) is 56.3 Å². The normalized spacial score (nSPS) is 15.5. The molecule has 0 fully saturated rings. The molecule has 0 unspecified atom stereocenters. The highest BCUT2D eigenvalue weighted by Gasteiger charge is 2.25. The predicted molar refractivity (Wildman–Crippen MR) is 43.3 cm³/mol. The Hall–Kier alpha value is -1.97. The van der Waals surface area contributed by atoms with Crippen molar-refractivity contribution in [3.8, 4) is 0 Å². The summed E-state index contributed by atoms with van der Waals surface area (Å²) in [5, 5.41) is 0. The molecular formula is C9H5NO3. The molecule has 4 heteroatoms. The average Bonchev–Trinajstić information content (AvgIpc) is 2.47. The number of hydrogen-bond acceptors (Lipinski definition) is 4. The molecule has 0 saturated heterocycles. The maximum absolute atomic E-state index is 11.0. The maximum atomic E-state index is 11.0. The largest absolute Gasteiger partial charge is 0.386 e. The molecule has 64 valence electrons. The van der Waals surface area contributed by atoms with Crippen LogP contribution in [-0.4, -0.2) is 16.9 Å². The zero-order valence-corrected chi connectivity index (χ0v) is 6.56. The average molecular weight is 175 g/mol. The van der Waals surface area contributed by atoms with E-state index in [4.69, 9.17) is 0 Å². The van der Waals surface area contributed by atoms with E-state index in [0.29, 0.717) is 5.69 Å². The number of esters is 2. The molecule has 1 aliphatic rings. The summed E-state index contributed by atoms with van der Waals surface area (Å²) in [5.41, 5.74) is 0.670. The highest BCUT2D eigenvalue weighted by molar-refractivity contribution is 6.27. The molecule has 2 heterocycles. The molecule has 0 spiro atoms. The van der Waals surface area contributed by atoms with Crippen LogP contribution in [0.2, 0.25) is 0 Å². The molecular weight excluding hydrogens is 170 g/mol. The van der Waals surface area contributed by atoms with Crippen LogP contribution in [0, 0.1) is 0 Å². The molecule has 4 nitrogen and oxygen atoms in total. The van der Waals surface area contributed by atoms with Gasteiger partial charge in [-0.05, 0) is 12.1 Å². The van der Waals surface area contributed by atoms with Gasteiger partial charge in [0, 0.05) is 12.3 Å². The van der Waals surface area contributed by atoms with E-state index in [2.05, 4.69) is 9.72 Å². The standard InChI is InChI=1S/C9H5NO3/c11-8-5-6(9(12)13-8)7-3-1-2-4-10-7/h1-5H. The monoisotopic (exact) mass is 175 g/mol. The Morgan fingerprint density at radius 2 is 2.08 bits per heavy atom. The summed E-state index contributed by atoms with van der Waals surface area (Å²) in [5.74, 6) is -1.27. The molecule has 0 aliphatic carbocycles. The first-order valence-corrected chi connectivity index (χ1v) is 3.66. The minimum absolute atomic E-state index is 0.214. The maximum Gasteiger partial charge on any atom is 0.348 e. The summed E-state index contributed by atoms with van der Waals surface area (Å²) in [7, 11) is 0. The Bertz CT molecular complexity index is 395. The van der Waals surface area contributed by atoms with Crippen molar-refractivity contribution in [1.82, 2.24) is 4.98 Å². The van der Waals surface area contributed by atoms with Gasteiger partial charge in [-0.3, -0.25) is 4.98 Å². The van der Waals surface area contributed by atoms with E-state index in [1.165, 1.54) is 0 Å². The second-order valence-corrected chi connectivity index (χ2v) is 2.48. The minimum atomic E-state index is -0.635. The van der Waals surface area contributed by atoms with E-state index < -0.39 is 11.9 Å². The van der Waals surface area contributed by atoms with E-state index in [0.717, 1.165) is 6.08 Å². The number of rotatable bonds is 1. The molecule has 0 aromatic carbocycles. The van der Waals surface area contributed by atoms with E-state index >= 15 is 0 Å². The summed E-state index contributed by atoms with van der Waals surface area (Å²) < 4.78 is 4.32. The Balaban J connectivity index is 2.43. The van der Waals surface area contributed by atoms with E-state index in [9.17, 15) is 9.59 Å². The molecule has 0 bridgehead atoms. The minimum Gasteiger partial charge on any atom is -0.386 e. The Kier molecular flexibility index (Phi) is 1.66. The molecule has 2 rings (SSSR count). The molecule has 1 aliphatic heterocycles. The highest BCUT2D eigenvalue weighted by atomic mass is 16.6. The first kappa shape index (κ1) is 7.67. The fourth-order valence-corrected chi connectivity index (χ4v) is 1.05. The van der Waals surface area contributed by atoms with Crippen LogP contribution in [0.5, 0.6) is 0 Å². The third-order valence-corrected chi connectivity index (χ3v) is 1.62. The molecule has 0 saturated carbocycles. The lowest BCUT2D eigenvalue weighted by molar-refractivity contribution is -0.149. The van der Waals surface area contributed by atoms with Crippen molar-refractivity contribution in [3.63, 3.8) is 0 Å². The van der Waals surface area contributed by atoms with Gasteiger partial charge in [-0.25, -0.2) is 9.59 Å². The van der Waals surface area contributed by atoms with Gasteiger partial charge < -0.3 is 4.74 Å². The van der Waals surface area contributed by atoms with Crippen LogP contribution >= 0.6 is 0 Å². The molecule has 1 aromatic heterocycles. The van der Waals surface area contributed by atoms with Gasteiger partial charge in [-0.2, -0.15) is 0 Å². The highest BCUT2D eigenvalue weighted by Crippen LogP contribution is 2.18. The van der Waals surface area contributed by atoms with Crippen molar-refractivity contribution < 1.29 is 14.3 Å². The lowest BCUT2D eigenvalue weighted by Gasteiger charge is -1.95. The molecule has 0 radical (unpaired) electrons. The van der Waals surface area contributed by atoms with Gasteiger partial charge in [0.25, 0.3) is 0 Å². The summed E-state index contributed by atoms with van der Waals surface area (Å²) in [6.45, 7) is 0. The van der Waals surface area contributed by atoms with Crippen LogP contribution in [0.25, 0.3) is 5.57 Å². The summed E-state index contributed by atoms with van der Waals surface area (Å²) in [6, 6.07) is 5.11. The smallest absolute Gasteiger partial charge is 0.348 e. The molecule has 0 amide bonds. The fourth-order valence-electron chi connectivity index (χ4n) is 1.05. The number of nitrogens with zero attached hydrogens (tertiary/aromatic N) is 1. The van der Waals surface area contributed by atoms with Crippen molar-refractivity contribution in [2.45, 2.75) is 0 Å². The van der Waals surface area contributed by atoms with Gasteiger partial charge in [0.2, 0.25) is 0 Å². The predicted octanol–water partition coefficient (Wildman–Crippen LogP) is 0.548. The van der Waals surface area contributed by atoms with Gasteiger partial charge >= 0.3 is 11.9 Å². The molecule has 0 N–H and O–H groups in total. The Morgan fingerprint density at radius 1 is 1.23 bits per heavy atom. The first-order valence-electron chi connectivity index (χ1n) is 3.66. The SMILES string of the molecule is O=C1C=C(c2ccccn2)C(=O)O1. The van der Waals surface area contributed by atoms with Crippen LogP contribution < -0.4 is 0 Å². The number of hydrogen-bond donors (Lipinski definition) is 0. The van der Waals surface area contributed by atoms with Gasteiger partial charge in [-0.1, -0.05) is 6.07 Å². The van der Waals surface area contributed by atoms with Crippen molar-refractivity contribution in [2.75, 3.05) is 0 Å². The third-order valence-electron chi connectivity index (χ3n) is 1.62. The van der Waals surface area contributed by atoms with Crippen molar-refractivity contribution in [2.24, 2.45) is 0 Å². The van der Waals surface area contributed by atoms with Gasteiger partial charge in [-0.15, -0.1) is 0 Å². The lowest BCUT2D eigenvalue weighted by Crippen LogP contribution is -2.02. The van der Waals surface area contributed by atoms with Crippen LogP contribution in [0.15, 0.2) is 30.5 Å². The van der Waals surface area contributed by atoms with Crippen molar-refractivity contribution in [1.29, 1.82) is 0 Å². The molecule has 13 heavy (non-hydrogen) atoms. The van der Waals surface area contributed by atoms with Crippen molar-refractivity contribution in [3.05, 3.63) is 36.2 Å². The zero-order valence-electron chi connectivity index (χ0n) is 6.56. The van der Waals surface area contributed by atoms with Gasteiger partial charge in [0.1, 0.15) is 0 Å². The second kappa shape index (κ2) is 2.82. The number of cyclic esters (lactones) is 2. The number of aromatic nitrogens is 1. The third kappa shape index (κ3) is 1.33. The first-order chi connectivity index (χ1) is 6.27. The van der Waals surface area contributed by atoms with E-state index in [-0.39, 0.29) is 5.57 Å². The summed E-state index contributed by atoms with van der Waals surface area (Å²) >= 11 is 0. The Labute approximate surface area is 73.9 Å². The van der Waals surface area contributed by atoms with E-state index in [1.54, 1.807) is 24.4 Å². The Morgan fingerprint density at radius 3 is 2.62 bits per heavy atom. The number of carbonyl (C=O) groups is 2. The van der Waals surface area contributed by atoms with Crippen molar-refractivity contribution >= 4 is 17.5 Å². The number of ether oxygens (including phenoxy) is 1.